The first-order chi connectivity index (χ1) is 11.7. The van der Waals surface area contributed by atoms with E-state index in [4.69, 9.17) is 11.6 Å². The molecule has 0 heterocycles. The average Bonchev–Trinajstić information content (AvgIpc) is 2.55. The Bertz CT molecular complexity index is 866. The Morgan fingerprint density at radius 1 is 1.04 bits per heavy atom. The quantitative estimate of drug-likeness (QED) is 0.594. The van der Waals surface area contributed by atoms with Crippen LogP contribution in [-0.4, -0.2) is 19.7 Å². The van der Waals surface area contributed by atoms with Crippen LogP contribution >= 0.6 is 27.5 Å². The Balaban J connectivity index is 2.70. The van der Waals surface area contributed by atoms with E-state index >= 15 is 0 Å². The van der Waals surface area contributed by atoms with Crippen LogP contribution in [0.3, 0.4) is 0 Å². The Morgan fingerprint density at radius 3 is 2.12 bits per heavy atom. The van der Waals surface area contributed by atoms with E-state index in [1.165, 1.54) is 19.1 Å². The minimum Gasteiger partial charge on any atom is -0.279 e. The van der Waals surface area contributed by atoms with Crippen LogP contribution in [0.5, 0.6) is 0 Å². The van der Waals surface area contributed by atoms with Gasteiger partial charge in [0.1, 0.15) is 6.04 Å². The smallest absolute Gasteiger partial charge is 0.265 e. The summed E-state index contributed by atoms with van der Waals surface area (Å²) in [6, 6.07) is 12.4. The number of hydrogen-bond donors (Lipinski definition) is 0. The van der Waals surface area contributed by atoms with Gasteiger partial charge in [0.05, 0.1) is 10.6 Å². The third-order valence-electron chi connectivity index (χ3n) is 3.85. The monoisotopic (exact) mass is 443 g/mol. The van der Waals surface area contributed by atoms with Gasteiger partial charge in [-0.2, -0.15) is 0 Å². The number of anilines is 1. The van der Waals surface area contributed by atoms with Crippen molar-refractivity contribution in [3.05, 3.63) is 58.6 Å². The molecule has 0 amide bonds. The summed E-state index contributed by atoms with van der Waals surface area (Å²) >= 11 is 8.96. The van der Waals surface area contributed by atoms with Crippen LogP contribution < -0.4 is 4.31 Å². The topological polar surface area (TPSA) is 54.5 Å². The van der Waals surface area contributed by atoms with Gasteiger partial charge < -0.3 is 0 Å². The molecule has 134 valence electrons. The molecule has 0 N–H and O–H groups in total. The molecule has 0 saturated carbocycles. The van der Waals surface area contributed by atoms with Gasteiger partial charge in [0.15, 0.2) is 0 Å². The molecule has 1 atom stereocenters. The van der Waals surface area contributed by atoms with Crippen molar-refractivity contribution < 1.29 is 13.2 Å². The molecule has 7 heteroatoms. The molecule has 0 bridgehead atoms. The van der Waals surface area contributed by atoms with Gasteiger partial charge in [0.2, 0.25) is 5.24 Å². The highest BCUT2D eigenvalue weighted by Crippen LogP contribution is 2.33. The van der Waals surface area contributed by atoms with Gasteiger partial charge in [0.25, 0.3) is 10.0 Å². The molecule has 25 heavy (non-hydrogen) atoms. The highest BCUT2D eigenvalue weighted by molar-refractivity contribution is 9.10. The molecule has 0 spiro atoms. The third-order valence-corrected chi connectivity index (χ3v) is 6.59. The van der Waals surface area contributed by atoms with Gasteiger partial charge in [0, 0.05) is 4.47 Å². The van der Waals surface area contributed by atoms with Crippen molar-refractivity contribution in [3.63, 3.8) is 0 Å². The summed E-state index contributed by atoms with van der Waals surface area (Å²) in [6.07, 6.45) is 0. The first-order valence-electron chi connectivity index (χ1n) is 7.74. The summed E-state index contributed by atoms with van der Waals surface area (Å²) in [5, 5.41) is -0.737. The third kappa shape index (κ3) is 4.25. The van der Waals surface area contributed by atoms with Gasteiger partial charge in [-0.15, -0.1) is 0 Å². The van der Waals surface area contributed by atoms with E-state index in [9.17, 15) is 13.2 Å². The predicted octanol–water partition coefficient (Wildman–Crippen LogP) is 4.92. The van der Waals surface area contributed by atoms with E-state index in [0.717, 1.165) is 14.3 Å². The van der Waals surface area contributed by atoms with Crippen molar-refractivity contribution in [1.29, 1.82) is 0 Å². The van der Waals surface area contributed by atoms with Crippen molar-refractivity contribution in [2.75, 3.05) is 4.31 Å². The molecule has 0 aliphatic heterocycles. The fourth-order valence-corrected chi connectivity index (χ4v) is 4.60. The SMILES string of the molecule is CC(C)c1ccccc1N(C(C)C(=O)Cl)S(=O)(=O)c1ccc(Br)cc1. The summed E-state index contributed by atoms with van der Waals surface area (Å²) in [7, 11) is -3.96. The van der Waals surface area contributed by atoms with Crippen molar-refractivity contribution in [3.8, 4) is 0 Å². The summed E-state index contributed by atoms with van der Waals surface area (Å²) in [5.41, 5.74) is 1.29. The molecular formula is C18H19BrClNO3S. The van der Waals surface area contributed by atoms with E-state index in [-0.39, 0.29) is 10.8 Å². The maximum absolute atomic E-state index is 13.3. The van der Waals surface area contributed by atoms with Crippen molar-refractivity contribution in [2.24, 2.45) is 0 Å². The first-order valence-corrected chi connectivity index (χ1v) is 10.4. The molecule has 0 aliphatic carbocycles. The average molecular weight is 445 g/mol. The second kappa shape index (κ2) is 7.89. The number of halogens is 2. The van der Waals surface area contributed by atoms with E-state index in [1.54, 1.807) is 24.3 Å². The number of nitrogens with zero attached hydrogens (tertiary/aromatic N) is 1. The number of rotatable bonds is 6. The molecule has 4 nitrogen and oxygen atoms in total. The lowest BCUT2D eigenvalue weighted by Crippen LogP contribution is -2.42. The Hall–Kier alpha value is -1.37. The van der Waals surface area contributed by atoms with E-state index < -0.39 is 21.3 Å². The van der Waals surface area contributed by atoms with Gasteiger partial charge in [-0.3, -0.25) is 9.10 Å². The number of benzene rings is 2. The predicted molar refractivity (Wildman–Crippen MR) is 105 cm³/mol. The molecule has 2 aromatic rings. The van der Waals surface area contributed by atoms with E-state index in [0.29, 0.717) is 5.69 Å². The summed E-state index contributed by atoms with van der Waals surface area (Å²) in [5.74, 6) is 0.0800. The standard InChI is InChI=1S/C18H19BrClNO3S/c1-12(2)16-6-4-5-7-17(16)21(13(3)18(20)22)25(23,24)15-10-8-14(19)9-11-15/h4-13H,1-3H3. The minimum absolute atomic E-state index is 0.0800. The number of para-hydroxylation sites is 1. The van der Waals surface area contributed by atoms with Gasteiger partial charge in [-0.1, -0.05) is 48.0 Å². The van der Waals surface area contributed by atoms with Gasteiger partial charge >= 0.3 is 0 Å². The maximum atomic E-state index is 13.3. The normalized spacial score (nSPS) is 12.9. The molecule has 0 aromatic heterocycles. The minimum atomic E-state index is -3.96. The van der Waals surface area contributed by atoms with Crippen molar-refractivity contribution in [2.45, 2.75) is 37.6 Å². The van der Waals surface area contributed by atoms with Crippen LogP contribution in [0.2, 0.25) is 0 Å². The molecule has 1 unspecified atom stereocenters. The van der Waals surface area contributed by atoms with E-state index in [1.807, 2.05) is 26.0 Å². The van der Waals surface area contributed by atoms with Gasteiger partial charge in [-0.25, -0.2) is 8.42 Å². The Labute approximate surface area is 162 Å². The number of carbonyl (C=O) groups excluding carboxylic acids is 1. The zero-order chi connectivity index (χ0) is 18.8. The second-order valence-electron chi connectivity index (χ2n) is 5.95. The molecule has 0 fully saturated rings. The zero-order valence-electron chi connectivity index (χ0n) is 14.1. The highest BCUT2D eigenvalue weighted by atomic mass is 79.9. The fourth-order valence-electron chi connectivity index (χ4n) is 2.54. The van der Waals surface area contributed by atoms with Crippen LogP contribution in [0.25, 0.3) is 0 Å². The fraction of sp³-hybridized carbons (Fsp3) is 0.278. The molecule has 2 rings (SSSR count). The molecule has 0 radical (unpaired) electrons. The Morgan fingerprint density at radius 2 is 1.60 bits per heavy atom. The summed E-state index contributed by atoms with van der Waals surface area (Å²) in [6.45, 7) is 5.43. The lowest BCUT2D eigenvalue weighted by Gasteiger charge is -2.31. The van der Waals surface area contributed by atoms with Gasteiger partial charge in [-0.05, 0) is 60.3 Å². The lowest BCUT2D eigenvalue weighted by molar-refractivity contribution is -0.112. The van der Waals surface area contributed by atoms with Crippen LogP contribution in [0.4, 0.5) is 5.69 Å². The summed E-state index contributed by atoms with van der Waals surface area (Å²) in [4.78, 5) is 11.9. The number of carbonyl (C=O) groups is 1. The van der Waals surface area contributed by atoms with Crippen LogP contribution in [0, 0.1) is 0 Å². The number of hydrogen-bond acceptors (Lipinski definition) is 3. The largest absolute Gasteiger partial charge is 0.279 e. The second-order valence-corrected chi connectivity index (χ2v) is 9.05. The van der Waals surface area contributed by atoms with Crippen molar-refractivity contribution >= 4 is 48.5 Å². The first kappa shape index (κ1) is 19.9. The summed E-state index contributed by atoms with van der Waals surface area (Å²) < 4.78 is 28.4. The highest BCUT2D eigenvalue weighted by Gasteiger charge is 2.34. The molecular weight excluding hydrogens is 426 g/mol. The lowest BCUT2D eigenvalue weighted by atomic mass is 10.0. The van der Waals surface area contributed by atoms with Crippen LogP contribution in [0.1, 0.15) is 32.3 Å². The van der Waals surface area contributed by atoms with Crippen LogP contribution in [-0.2, 0) is 14.8 Å². The molecule has 0 aliphatic rings. The van der Waals surface area contributed by atoms with Crippen molar-refractivity contribution in [1.82, 2.24) is 0 Å². The maximum Gasteiger partial charge on any atom is 0.265 e. The molecule has 2 aromatic carbocycles. The zero-order valence-corrected chi connectivity index (χ0v) is 17.3. The van der Waals surface area contributed by atoms with E-state index in [2.05, 4.69) is 15.9 Å². The molecule has 0 saturated heterocycles. The Kier molecular flexibility index (Phi) is 6.30. The number of sulfonamides is 1. The van der Waals surface area contributed by atoms with Crippen LogP contribution in [0.15, 0.2) is 57.9 Å².